The Hall–Kier alpha value is -4.82. The lowest BCUT2D eigenvalue weighted by atomic mass is 9.42. The smallest absolute Gasteiger partial charge is 0.133 e. The lowest BCUT2D eigenvalue weighted by Gasteiger charge is -2.63. The molecule has 4 bridgehead atoms. The van der Waals surface area contributed by atoms with Crippen LogP contribution in [0, 0.1) is 23.7 Å². The van der Waals surface area contributed by atoms with Gasteiger partial charge in [0.1, 0.15) is 11.5 Å². The van der Waals surface area contributed by atoms with Crippen molar-refractivity contribution in [1.29, 1.82) is 0 Å². The van der Waals surface area contributed by atoms with Gasteiger partial charge in [0, 0.05) is 34.0 Å². The molecule has 1 heterocycles. The predicted molar refractivity (Wildman–Crippen MR) is 224 cm³/mol. The Morgan fingerprint density at radius 2 is 1.13 bits per heavy atom. The van der Waals surface area contributed by atoms with E-state index in [2.05, 4.69) is 160 Å². The van der Waals surface area contributed by atoms with Crippen LogP contribution in [0.5, 0.6) is 11.5 Å². The second-order valence-electron chi connectivity index (χ2n) is 18.9. The highest BCUT2D eigenvalue weighted by molar-refractivity contribution is 5.88. The maximum absolute atomic E-state index is 7.04. The fourth-order valence-electron chi connectivity index (χ4n) is 12.5. The van der Waals surface area contributed by atoms with Crippen molar-refractivity contribution in [1.82, 2.24) is 0 Å². The number of ether oxygens (including phenoxy) is 1. The Balaban J connectivity index is 1.09. The van der Waals surface area contributed by atoms with Crippen LogP contribution in [0.2, 0.25) is 0 Å². The number of hydrogen-bond donors (Lipinski definition) is 0. The molecule has 0 aromatic heterocycles. The lowest BCUT2D eigenvalue weighted by molar-refractivity contribution is -0.0452. The van der Waals surface area contributed by atoms with Gasteiger partial charge >= 0.3 is 0 Å². The molecule has 0 N–H and O–H groups in total. The fourth-order valence-corrected chi connectivity index (χ4v) is 12.5. The molecule has 1 spiro atoms. The third-order valence-electron chi connectivity index (χ3n) is 14.9. The van der Waals surface area contributed by atoms with Gasteiger partial charge in [-0.05, 0) is 149 Å². The molecule has 0 radical (unpaired) electrons. The second-order valence-corrected chi connectivity index (χ2v) is 18.9. The molecule has 6 aromatic carbocycles. The Kier molecular flexibility index (Phi) is 7.00. The summed E-state index contributed by atoms with van der Waals surface area (Å²) in [5.41, 5.74) is 12.1. The summed E-state index contributed by atoms with van der Waals surface area (Å²) in [5.74, 6) is 5.31. The average Bonchev–Trinajstić information content (AvgIpc) is 3.18. The minimum absolute atomic E-state index is 0.0405. The van der Waals surface area contributed by atoms with Crippen molar-refractivity contribution < 1.29 is 4.74 Å². The molecule has 4 saturated carbocycles. The Morgan fingerprint density at radius 1 is 0.500 bits per heavy atom. The largest absolute Gasteiger partial charge is 0.457 e. The van der Waals surface area contributed by atoms with Gasteiger partial charge in [-0.25, -0.2) is 0 Å². The summed E-state index contributed by atoms with van der Waals surface area (Å²) in [6.07, 6.45) is 9.25. The predicted octanol–water partition coefficient (Wildman–Crippen LogP) is 14.2. The van der Waals surface area contributed by atoms with Gasteiger partial charge in [-0.1, -0.05) is 113 Å². The van der Waals surface area contributed by atoms with Crippen molar-refractivity contribution in [2.45, 2.75) is 88.9 Å². The maximum Gasteiger partial charge on any atom is 0.133 e. The van der Waals surface area contributed by atoms with Crippen molar-refractivity contribution in [3.8, 4) is 22.6 Å². The van der Waals surface area contributed by atoms with E-state index in [-0.39, 0.29) is 16.2 Å². The summed E-state index contributed by atoms with van der Waals surface area (Å²) in [6, 6.07) is 48.2. The van der Waals surface area contributed by atoms with Crippen molar-refractivity contribution in [2.75, 3.05) is 4.90 Å². The normalized spacial score (nSPS) is 26.5. The summed E-state index contributed by atoms with van der Waals surface area (Å²) in [6.45, 7) is 9.77. The molecule has 54 heavy (non-hydrogen) atoms. The topological polar surface area (TPSA) is 12.5 Å². The standard InChI is InChI=1S/C52H51NO/c1-50(2)24-25-51(3,4)49-45(50)13-9-14-46(49)53(41-20-18-36(19-21-41)38-17-16-35-10-5-6-11-37(35)31-38)42-22-23-44-48(32-42)54-47-15-8-7-12-43(47)52(44)39-27-33-26-34(29-39)30-40(52)28-33/h5-23,31-34,39-40H,24-30H2,1-4H3. The van der Waals surface area contributed by atoms with Gasteiger partial charge in [-0.2, -0.15) is 0 Å². The van der Waals surface area contributed by atoms with Gasteiger partial charge < -0.3 is 9.64 Å². The monoisotopic (exact) mass is 705 g/mol. The van der Waals surface area contributed by atoms with Crippen LogP contribution in [0.15, 0.2) is 127 Å². The van der Waals surface area contributed by atoms with E-state index in [0.717, 1.165) is 35.4 Å². The molecule has 2 heteroatoms. The first-order valence-electron chi connectivity index (χ1n) is 20.6. The van der Waals surface area contributed by atoms with E-state index in [4.69, 9.17) is 4.74 Å². The SMILES string of the molecule is CC1(C)CCC(C)(C)c2c(N(c3ccc(-c4ccc5ccccc5c4)cc3)c3ccc4c(c3)Oc3ccccc3C43C4CC5CC(C4)CC3C5)cccc21. The van der Waals surface area contributed by atoms with Crippen molar-refractivity contribution in [3.63, 3.8) is 0 Å². The number of hydrogen-bond acceptors (Lipinski definition) is 2. The minimum Gasteiger partial charge on any atom is -0.457 e. The molecule has 0 saturated heterocycles. The van der Waals surface area contributed by atoms with Crippen LogP contribution < -0.4 is 9.64 Å². The van der Waals surface area contributed by atoms with Crippen molar-refractivity contribution in [3.05, 3.63) is 150 Å². The van der Waals surface area contributed by atoms with Gasteiger partial charge in [-0.3, -0.25) is 0 Å². The van der Waals surface area contributed by atoms with Gasteiger partial charge in [0.25, 0.3) is 0 Å². The molecule has 2 nitrogen and oxygen atoms in total. The maximum atomic E-state index is 7.04. The molecule has 4 fully saturated rings. The number of nitrogens with zero attached hydrogens (tertiary/aromatic N) is 1. The molecule has 6 aliphatic rings. The Bertz CT molecular complexity index is 2420. The molecule has 1 aliphatic heterocycles. The van der Waals surface area contributed by atoms with Crippen LogP contribution in [-0.4, -0.2) is 0 Å². The van der Waals surface area contributed by atoms with E-state index in [1.54, 1.807) is 0 Å². The molecular weight excluding hydrogens is 655 g/mol. The average molecular weight is 706 g/mol. The third kappa shape index (κ3) is 4.71. The summed E-state index contributed by atoms with van der Waals surface area (Å²) >= 11 is 0. The van der Waals surface area contributed by atoms with E-state index < -0.39 is 0 Å². The van der Waals surface area contributed by atoms with Crippen molar-refractivity contribution in [2.24, 2.45) is 23.7 Å². The first-order valence-corrected chi connectivity index (χ1v) is 20.6. The fraction of sp³-hybridized carbons (Fsp3) is 0.346. The molecule has 12 rings (SSSR count). The van der Waals surface area contributed by atoms with Crippen LogP contribution in [0.1, 0.15) is 94.9 Å². The number of rotatable bonds is 4. The molecule has 0 amide bonds. The Labute approximate surface area is 321 Å². The molecule has 5 aliphatic carbocycles. The lowest BCUT2D eigenvalue weighted by Crippen LogP contribution is -2.56. The highest BCUT2D eigenvalue weighted by Crippen LogP contribution is 2.69. The summed E-state index contributed by atoms with van der Waals surface area (Å²) in [5, 5.41) is 2.55. The van der Waals surface area contributed by atoms with E-state index >= 15 is 0 Å². The summed E-state index contributed by atoms with van der Waals surface area (Å²) in [7, 11) is 0. The molecule has 6 aromatic rings. The van der Waals surface area contributed by atoms with Crippen LogP contribution in [0.25, 0.3) is 21.9 Å². The minimum atomic E-state index is 0.0405. The first kappa shape index (κ1) is 32.6. The number of benzene rings is 6. The molecular formula is C52H51NO. The van der Waals surface area contributed by atoms with Crippen molar-refractivity contribution >= 4 is 27.8 Å². The summed E-state index contributed by atoms with van der Waals surface area (Å²) < 4.78 is 7.04. The van der Waals surface area contributed by atoms with E-state index in [1.165, 1.54) is 94.1 Å². The molecule has 270 valence electrons. The van der Waals surface area contributed by atoms with Gasteiger partial charge in [0.05, 0.1) is 5.69 Å². The van der Waals surface area contributed by atoms with Crippen LogP contribution in [0.4, 0.5) is 17.1 Å². The highest BCUT2D eigenvalue weighted by Gasteiger charge is 2.61. The first-order chi connectivity index (χ1) is 26.2. The van der Waals surface area contributed by atoms with E-state index in [9.17, 15) is 0 Å². The number of anilines is 3. The zero-order valence-corrected chi connectivity index (χ0v) is 32.2. The van der Waals surface area contributed by atoms with E-state index in [0.29, 0.717) is 11.8 Å². The highest BCUT2D eigenvalue weighted by atomic mass is 16.5. The second kappa shape index (κ2) is 11.6. The van der Waals surface area contributed by atoms with Gasteiger partial charge in [0.15, 0.2) is 0 Å². The van der Waals surface area contributed by atoms with Crippen LogP contribution >= 0.6 is 0 Å². The van der Waals surface area contributed by atoms with Gasteiger partial charge in [0.2, 0.25) is 0 Å². The number of para-hydroxylation sites is 1. The van der Waals surface area contributed by atoms with Crippen LogP contribution in [-0.2, 0) is 16.2 Å². The summed E-state index contributed by atoms with van der Waals surface area (Å²) in [4.78, 5) is 2.54. The van der Waals surface area contributed by atoms with Crippen LogP contribution in [0.3, 0.4) is 0 Å². The third-order valence-corrected chi connectivity index (χ3v) is 14.9. The number of fused-ring (bicyclic) bond motifs is 4. The molecule has 0 unspecified atom stereocenters. The Morgan fingerprint density at radius 3 is 1.91 bits per heavy atom. The quantitative estimate of drug-likeness (QED) is 0.181. The molecule has 0 atom stereocenters. The van der Waals surface area contributed by atoms with E-state index in [1.807, 2.05) is 0 Å². The zero-order chi connectivity index (χ0) is 36.4. The zero-order valence-electron chi connectivity index (χ0n) is 32.2. The van der Waals surface area contributed by atoms with Gasteiger partial charge in [-0.15, -0.1) is 0 Å².